The summed E-state index contributed by atoms with van der Waals surface area (Å²) in [6, 6.07) is 10.5. The van der Waals surface area contributed by atoms with Gasteiger partial charge in [0, 0.05) is 24.8 Å². The Bertz CT molecular complexity index is 510. The van der Waals surface area contributed by atoms with Crippen LogP contribution in [0.5, 0.6) is 0 Å². The molecule has 20 heavy (non-hydrogen) atoms. The van der Waals surface area contributed by atoms with Crippen LogP contribution in [-0.2, 0) is 13.1 Å². The Morgan fingerprint density at radius 3 is 2.85 bits per heavy atom. The minimum absolute atomic E-state index is 0.437. The van der Waals surface area contributed by atoms with Gasteiger partial charge in [-0.15, -0.1) is 0 Å². The summed E-state index contributed by atoms with van der Waals surface area (Å²) in [5, 5.41) is 3.41. The molecule has 2 aromatic rings. The van der Waals surface area contributed by atoms with E-state index in [9.17, 15) is 0 Å². The number of likely N-dealkylation sites (N-methyl/N-ethyl adjacent to an activating group) is 1. The first-order chi connectivity index (χ1) is 9.65. The van der Waals surface area contributed by atoms with Gasteiger partial charge in [0.15, 0.2) is 0 Å². The van der Waals surface area contributed by atoms with E-state index in [2.05, 4.69) is 41.3 Å². The number of rotatable bonds is 7. The van der Waals surface area contributed by atoms with Gasteiger partial charge in [-0.25, -0.2) is 0 Å². The summed E-state index contributed by atoms with van der Waals surface area (Å²) in [4.78, 5) is 6.84. The molecule has 4 heteroatoms. The minimum Gasteiger partial charge on any atom is -0.468 e. The molecule has 0 aromatic carbocycles. The largest absolute Gasteiger partial charge is 0.468 e. The first-order valence-corrected chi connectivity index (χ1v) is 7.01. The fraction of sp³-hybridized carbons (Fsp3) is 0.438. The normalized spacial score (nSPS) is 12.8. The van der Waals surface area contributed by atoms with Crippen LogP contribution < -0.4 is 5.32 Å². The van der Waals surface area contributed by atoms with Gasteiger partial charge in [0.2, 0.25) is 0 Å². The Kier molecular flexibility index (Phi) is 5.32. The van der Waals surface area contributed by atoms with E-state index < -0.39 is 0 Å². The molecule has 0 saturated carbocycles. The van der Waals surface area contributed by atoms with E-state index in [0.717, 1.165) is 36.8 Å². The van der Waals surface area contributed by atoms with Crippen LogP contribution in [0.15, 0.2) is 41.0 Å². The summed E-state index contributed by atoms with van der Waals surface area (Å²) in [7, 11) is 2.13. The zero-order chi connectivity index (χ0) is 14.4. The number of aromatic nitrogens is 1. The molecular weight excluding hydrogens is 250 g/mol. The molecule has 0 spiro atoms. The van der Waals surface area contributed by atoms with E-state index >= 15 is 0 Å². The highest BCUT2D eigenvalue weighted by atomic mass is 16.3. The second-order valence-electron chi connectivity index (χ2n) is 5.24. The van der Waals surface area contributed by atoms with Crippen molar-refractivity contribution >= 4 is 0 Å². The maximum atomic E-state index is 5.30. The second kappa shape index (κ2) is 7.22. The number of pyridine rings is 1. The fourth-order valence-electron chi connectivity index (χ4n) is 2.07. The Balaban J connectivity index is 1.75. The lowest BCUT2D eigenvalue weighted by Crippen LogP contribution is -2.37. The molecule has 1 atom stereocenters. The van der Waals surface area contributed by atoms with Gasteiger partial charge in [-0.1, -0.05) is 6.07 Å². The summed E-state index contributed by atoms with van der Waals surface area (Å²) < 4.78 is 5.30. The Labute approximate surface area is 120 Å². The lowest BCUT2D eigenvalue weighted by Gasteiger charge is -2.24. The molecule has 0 aliphatic carbocycles. The summed E-state index contributed by atoms with van der Waals surface area (Å²) >= 11 is 0. The number of nitrogens with one attached hydrogen (secondary N) is 1. The van der Waals surface area contributed by atoms with Gasteiger partial charge in [-0.2, -0.15) is 0 Å². The minimum atomic E-state index is 0.437. The van der Waals surface area contributed by atoms with E-state index in [-0.39, 0.29) is 0 Å². The third kappa shape index (κ3) is 4.47. The predicted octanol–water partition coefficient (Wildman–Crippen LogP) is 2.59. The highest BCUT2D eigenvalue weighted by molar-refractivity contribution is 5.09. The summed E-state index contributed by atoms with van der Waals surface area (Å²) in [6.45, 7) is 6.80. The molecule has 2 heterocycles. The van der Waals surface area contributed by atoms with Crippen molar-refractivity contribution in [1.29, 1.82) is 0 Å². The molecule has 0 aliphatic rings. The summed E-state index contributed by atoms with van der Waals surface area (Å²) in [6.07, 6.45) is 1.70. The van der Waals surface area contributed by atoms with Crippen LogP contribution in [0, 0.1) is 6.92 Å². The molecule has 0 amide bonds. The monoisotopic (exact) mass is 273 g/mol. The van der Waals surface area contributed by atoms with Crippen LogP contribution in [0.3, 0.4) is 0 Å². The number of hydrogen-bond donors (Lipinski definition) is 1. The van der Waals surface area contributed by atoms with E-state index in [1.54, 1.807) is 6.26 Å². The molecule has 108 valence electrons. The van der Waals surface area contributed by atoms with E-state index in [1.165, 1.54) is 0 Å². The number of furan rings is 1. The zero-order valence-corrected chi connectivity index (χ0v) is 12.5. The van der Waals surface area contributed by atoms with Crippen molar-refractivity contribution in [3.63, 3.8) is 0 Å². The lowest BCUT2D eigenvalue weighted by atomic mass is 10.2. The Morgan fingerprint density at radius 1 is 1.30 bits per heavy atom. The Hall–Kier alpha value is -1.65. The molecule has 0 bridgehead atoms. The van der Waals surface area contributed by atoms with Crippen molar-refractivity contribution in [3.05, 3.63) is 53.7 Å². The molecule has 2 rings (SSSR count). The van der Waals surface area contributed by atoms with Crippen molar-refractivity contribution in [2.24, 2.45) is 0 Å². The van der Waals surface area contributed by atoms with Crippen LogP contribution in [0.25, 0.3) is 0 Å². The van der Waals surface area contributed by atoms with E-state index in [0.29, 0.717) is 6.04 Å². The molecule has 0 aliphatic heterocycles. The van der Waals surface area contributed by atoms with Crippen LogP contribution in [-0.4, -0.2) is 29.5 Å². The molecule has 1 N–H and O–H groups in total. The van der Waals surface area contributed by atoms with Crippen LogP contribution in [0.2, 0.25) is 0 Å². The van der Waals surface area contributed by atoms with Crippen molar-refractivity contribution in [2.45, 2.75) is 33.0 Å². The summed E-state index contributed by atoms with van der Waals surface area (Å²) in [5.41, 5.74) is 2.19. The van der Waals surface area contributed by atoms with Gasteiger partial charge in [-0.3, -0.25) is 9.88 Å². The number of hydrogen-bond acceptors (Lipinski definition) is 4. The average molecular weight is 273 g/mol. The van der Waals surface area contributed by atoms with Gasteiger partial charge in [-0.05, 0) is 45.2 Å². The van der Waals surface area contributed by atoms with Crippen LogP contribution >= 0.6 is 0 Å². The second-order valence-corrected chi connectivity index (χ2v) is 5.24. The molecule has 1 unspecified atom stereocenters. The van der Waals surface area contributed by atoms with Crippen molar-refractivity contribution in [3.8, 4) is 0 Å². The molecule has 2 aromatic heterocycles. The number of aryl methyl sites for hydroxylation is 1. The average Bonchev–Trinajstić information content (AvgIpc) is 2.91. The predicted molar refractivity (Wildman–Crippen MR) is 80.3 cm³/mol. The quantitative estimate of drug-likeness (QED) is 0.842. The number of nitrogens with zero attached hydrogens (tertiary/aromatic N) is 2. The fourth-order valence-corrected chi connectivity index (χ4v) is 2.07. The van der Waals surface area contributed by atoms with Crippen molar-refractivity contribution in [2.75, 3.05) is 13.6 Å². The van der Waals surface area contributed by atoms with Crippen molar-refractivity contribution in [1.82, 2.24) is 15.2 Å². The van der Waals surface area contributed by atoms with E-state index in [4.69, 9.17) is 4.42 Å². The molecule has 0 radical (unpaired) electrons. The SMILES string of the molecule is Cc1cccc(CN(C)C(C)CNCc2ccco2)n1. The first kappa shape index (κ1) is 14.8. The maximum absolute atomic E-state index is 5.30. The van der Waals surface area contributed by atoms with Gasteiger partial charge in [0.25, 0.3) is 0 Å². The molecular formula is C16H23N3O. The summed E-state index contributed by atoms with van der Waals surface area (Å²) in [5.74, 6) is 0.972. The van der Waals surface area contributed by atoms with Gasteiger partial charge >= 0.3 is 0 Å². The maximum Gasteiger partial charge on any atom is 0.117 e. The highest BCUT2D eigenvalue weighted by Gasteiger charge is 2.10. The topological polar surface area (TPSA) is 41.3 Å². The molecule has 0 saturated heterocycles. The third-order valence-electron chi connectivity index (χ3n) is 3.43. The highest BCUT2D eigenvalue weighted by Crippen LogP contribution is 2.05. The van der Waals surface area contributed by atoms with E-state index in [1.807, 2.05) is 25.1 Å². The zero-order valence-electron chi connectivity index (χ0n) is 12.5. The standard InChI is InChI=1S/C16H23N3O/c1-13-6-4-7-15(18-13)12-19(3)14(2)10-17-11-16-8-5-9-20-16/h4-9,14,17H,10-12H2,1-3H3. The lowest BCUT2D eigenvalue weighted by molar-refractivity contribution is 0.238. The van der Waals surface area contributed by atoms with Gasteiger partial charge < -0.3 is 9.73 Å². The smallest absolute Gasteiger partial charge is 0.117 e. The van der Waals surface area contributed by atoms with Crippen molar-refractivity contribution < 1.29 is 4.42 Å². The third-order valence-corrected chi connectivity index (χ3v) is 3.43. The van der Waals surface area contributed by atoms with Gasteiger partial charge in [0.05, 0.1) is 18.5 Å². The first-order valence-electron chi connectivity index (χ1n) is 7.01. The van der Waals surface area contributed by atoms with Gasteiger partial charge in [0.1, 0.15) is 5.76 Å². The molecule has 4 nitrogen and oxygen atoms in total. The van der Waals surface area contributed by atoms with Crippen LogP contribution in [0.1, 0.15) is 24.1 Å². The Morgan fingerprint density at radius 2 is 2.15 bits per heavy atom. The molecule has 0 fully saturated rings. The van der Waals surface area contributed by atoms with Crippen LogP contribution in [0.4, 0.5) is 0 Å².